The molecule has 0 bridgehead atoms. The SMILES string of the molecule is C[C@@H]1CCOC[C@@H]1O.C[C@H]1CCOC[C@H]1O. The summed E-state index contributed by atoms with van der Waals surface area (Å²) in [5, 5.41) is 18.1. The van der Waals surface area contributed by atoms with E-state index >= 15 is 0 Å². The van der Waals surface area contributed by atoms with Crippen molar-refractivity contribution < 1.29 is 19.7 Å². The van der Waals surface area contributed by atoms with Crippen LogP contribution in [0.3, 0.4) is 0 Å². The lowest BCUT2D eigenvalue weighted by Gasteiger charge is -2.23. The fraction of sp³-hybridized carbons (Fsp3) is 1.00. The van der Waals surface area contributed by atoms with E-state index in [4.69, 9.17) is 19.7 Å². The first kappa shape index (κ1) is 13.9. The molecule has 0 amide bonds. The molecule has 0 aromatic carbocycles. The van der Waals surface area contributed by atoms with Crippen LogP contribution in [0.25, 0.3) is 0 Å². The van der Waals surface area contributed by atoms with Crippen molar-refractivity contribution in [3.8, 4) is 0 Å². The molecule has 16 heavy (non-hydrogen) atoms. The Labute approximate surface area is 97.6 Å². The predicted octanol–water partition coefficient (Wildman–Crippen LogP) is 0.807. The van der Waals surface area contributed by atoms with E-state index in [2.05, 4.69) is 0 Å². The van der Waals surface area contributed by atoms with Crippen molar-refractivity contribution >= 4 is 0 Å². The van der Waals surface area contributed by atoms with Gasteiger partial charge in [-0.05, 0) is 24.7 Å². The highest BCUT2D eigenvalue weighted by Crippen LogP contribution is 2.13. The van der Waals surface area contributed by atoms with Crippen LogP contribution in [0.1, 0.15) is 26.7 Å². The average molecular weight is 232 g/mol. The van der Waals surface area contributed by atoms with E-state index in [1.54, 1.807) is 0 Å². The Morgan fingerprint density at radius 2 is 1.19 bits per heavy atom. The van der Waals surface area contributed by atoms with E-state index in [1.165, 1.54) is 0 Å². The summed E-state index contributed by atoms with van der Waals surface area (Å²) in [5.41, 5.74) is 0. The van der Waals surface area contributed by atoms with Crippen LogP contribution < -0.4 is 0 Å². The molecule has 4 atom stereocenters. The zero-order chi connectivity index (χ0) is 12.0. The third-order valence-electron chi connectivity index (χ3n) is 3.33. The number of hydrogen-bond donors (Lipinski definition) is 2. The minimum Gasteiger partial charge on any atom is -0.390 e. The van der Waals surface area contributed by atoms with Gasteiger partial charge in [-0.3, -0.25) is 0 Å². The summed E-state index contributed by atoms with van der Waals surface area (Å²) in [6.07, 6.45) is 1.56. The van der Waals surface area contributed by atoms with Gasteiger partial charge >= 0.3 is 0 Å². The Hall–Kier alpha value is -0.160. The van der Waals surface area contributed by atoms with Gasteiger partial charge in [0.1, 0.15) is 0 Å². The Morgan fingerprint density at radius 1 is 0.812 bits per heavy atom. The fourth-order valence-electron chi connectivity index (χ4n) is 1.66. The van der Waals surface area contributed by atoms with Crippen molar-refractivity contribution in [1.29, 1.82) is 0 Å². The first-order valence-electron chi connectivity index (χ1n) is 6.13. The second-order valence-electron chi connectivity index (χ2n) is 4.82. The van der Waals surface area contributed by atoms with E-state index in [0.717, 1.165) is 26.1 Å². The van der Waals surface area contributed by atoms with E-state index in [0.29, 0.717) is 25.0 Å². The highest BCUT2D eigenvalue weighted by atomic mass is 16.5. The zero-order valence-corrected chi connectivity index (χ0v) is 10.3. The summed E-state index contributed by atoms with van der Waals surface area (Å²) < 4.78 is 10.0. The third kappa shape index (κ3) is 4.78. The Morgan fingerprint density at radius 3 is 1.38 bits per heavy atom. The van der Waals surface area contributed by atoms with Crippen LogP contribution in [0.15, 0.2) is 0 Å². The van der Waals surface area contributed by atoms with Crippen LogP contribution in [0.2, 0.25) is 0 Å². The maximum atomic E-state index is 9.05. The van der Waals surface area contributed by atoms with Gasteiger partial charge < -0.3 is 19.7 Å². The van der Waals surface area contributed by atoms with E-state index in [9.17, 15) is 0 Å². The molecule has 4 nitrogen and oxygen atoms in total. The maximum Gasteiger partial charge on any atom is 0.0799 e. The smallest absolute Gasteiger partial charge is 0.0799 e. The van der Waals surface area contributed by atoms with Gasteiger partial charge in [0.2, 0.25) is 0 Å². The number of hydrogen-bond acceptors (Lipinski definition) is 4. The molecule has 2 rings (SSSR count). The van der Waals surface area contributed by atoms with Gasteiger partial charge in [-0.2, -0.15) is 0 Å². The summed E-state index contributed by atoms with van der Waals surface area (Å²) in [5.74, 6) is 0.868. The van der Waals surface area contributed by atoms with Crippen molar-refractivity contribution in [2.24, 2.45) is 11.8 Å². The first-order valence-corrected chi connectivity index (χ1v) is 6.13. The molecule has 0 saturated carbocycles. The minimum atomic E-state index is -0.219. The van der Waals surface area contributed by atoms with E-state index in [1.807, 2.05) is 13.8 Å². The van der Waals surface area contributed by atoms with Gasteiger partial charge in [-0.15, -0.1) is 0 Å². The molecule has 0 aromatic rings. The Balaban J connectivity index is 0.000000160. The molecule has 2 saturated heterocycles. The summed E-state index contributed by atoms with van der Waals surface area (Å²) in [6, 6.07) is 0. The number of aliphatic hydroxyl groups is 2. The van der Waals surface area contributed by atoms with Crippen LogP contribution in [-0.4, -0.2) is 48.8 Å². The molecule has 0 unspecified atom stereocenters. The lowest BCUT2D eigenvalue weighted by Crippen LogP contribution is -2.29. The molecule has 2 heterocycles. The van der Waals surface area contributed by atoms with Gasteiger partial charge in [-0.1, -0.05) is 13.8 Å². The molecule has 2 aliphatic rings. The average Bonchev–Trinajstić information content (AvgIpc) is 2.28. The van der Waals surface area contributed by atoms with Gasteiger partial charge in [0.05, 0.1) is 25.4 Å². The number of aliphatic hydroxyl groups excluding tert-OH is 2. The monoisotopic (exact) mass is 232 g/mol. The zero-order valence-electron chi connectivity index (χ0n) is 10.3. The highest BCUT2D eigenvalue weighted by Gasteiger charge is 2.18. The first-order chi connectivity index (χ1) is 7.61. The second-order valence-corrected chi connectivity index (χ2v) is 4.82. The van der Waals surface area contributed by atoms with E-state index < -0.39 is 0 Å². The van der Waals surface area contributed by atoms with Crippen molar-refractivity contribution in [1.82, 2.24) is 0 Å². The molecule has 2 aliphatic heterocycles. The van der Waals surface area contributed by atoms with Crippen molar-refractivity contribution in [3.63, 3.8) is 0 Å². The van der Waals surface area contributed by atoms with Crippen LogP contribution in [0.4, 0.5) is 0 Å². The van der Waals surface area contributed by atoms with Gasteiger partial charge in [0.15, 0.2) is 0 Å². The minimum absolute atomic E-state index is 0.219. The van der Waals surface area contributed by atoms with E-state index in [-0.39, 0.29) is 12.2 Å². The van der Waals surface area contributed by atoms with Gasteiger partial charge in [0.25, 0.3) is 0 Å². The van der Waals surface area contributed by atoms with Crippen LogP contribution in [0, 0.1) is 11.8 Å². The van der Waals surface area contributed by atoms with Crippen molar-refractivity contribution in [2.75, 3.05) is 26.4 Å². The molecule has 0 radical (unpaired) electrons. The summed E-state index contributed by atoms with van der Waals surface area (Å²) in [7, 11) is 0. The fourth-order valence-corrected chi connectivity index (χ4v) is 1.66. The molecular weight excluding hydrogens is 208 g/mol. The lowest BCUT2D eigenvalue weighted by atomic mass is 10.0. The Kier molecular flexibility index (Phi) is 6.28. The third-order valence-corrected chi connectivity index (χ3v) is 3.33. The molecule has 0 spiro atoms. The molecular formula is C12H24O4. The van der Waals surface area contributed by atoms with Crippen molar-refractivity contribution in [3.05, 3.63) is 0 Å². The predicted molar refractivity (Wildman–Crippen MR) is 61.2 cm³/mol. The highest BCUT2D eigenvalue weighted by molar-refractivity contribution is 4.67. The largest absolute Gasteiger partial charge is 0.390 e. The Bertz CT molecular complexity index is 146. The topological polar surface area (TPSA) is 58.9 Å². The molecule has 0 aromatic heterocycles. The molecule has 0 aliphatic carbocycles. The summed E-state index contributed by atoms with van der Waals surface area (Å²) >= 11 is 0. The standard InChI is InChI=1S/2C6H12O2/c2*1-5-2-3-8-4-6(5)7/h2*5-7H,2-4H2,1H3/t2*5-,6+/m10/s1. The lowest BCUT2D eigenvalue weighted by molar-refractivity contribution is -0.0380. The van der Waals surface area contributed by atoms with Crippen molar-refractivity contribution in [2.45, 2.75) is 38.9 Å². The van der Waals surface area contributed by atoms with Gasteiger partial charge in [-0.25, -0.2) is 0 Å². The normalized spacial score (nSPS) is 39.8. The van der Waals surface area contributed by atoms with Crippen LogP contribution in [0.5, 0.6) is 0 Å². The molecule has 2 N–H and O–H groups in total. The number of ether oxygens (including phenoxy) is 2. The van der Waals surface area contributed by atoms with Crippen LogP contribution in [-0.2, 0) is 9.47 Å². The maximum absolute atomic E-state index is 9.05. The number of rotatable bonds is 0. The molecule has 2 fully saturated rings. The molecule has 96 valence electrons. The van der Waals surface area contributed by atoms with Crippen LogP contribution >= 0.6 is 0 Å². The van der Waals surface area contributed by atoms with Gasteiger partial charge in [0, 0.05) is 13.2 Å². The quantitative estimate of drug-likeness (QED) is 0.649. The second kappa shape index (κ2) is 7.22. The summed E-state index contributed by atoms with van der Waals surface area (Å²) in [4.78, 5) is 0. The molecule has 4 heteroatoms. The summed E-state index contributed by atoms with van der Waals surface area (Å²) in [6.45, 7) is 6.79.